The number of nitrogens with zero attached hydrogens (tertiary/aromatic N) is 1. The van der Waals surface area contributed by atoms with Crippen molar-refractivity contribution < 1.29 is 10.2 Å². The number of aromatic nitrogens is 1. The van der Waals surface area contributed by atoms with Crippen molar-refractivity contribution in [1.29, 1.82) is 0 Å². The molecule has 4 aliphatic rings. The lowest BCUT2D eigenvalue weighted by Crippen LogP contribution is -2.62. The molecule has 1 aromatic rings. The standard InChI is InChI=1S/C24H33NO2/c1-22-10-9-21-18(8-12-24(27)14-17(26)7-11-23(21,24)2)20(22)6-5-19(22)16-4-3-13-25-15-16/h3-5,13,15,17-18,20-21,26-27H,6-12,14H2,1-2H3. The van der Waals surface area contributed by atoms with E-state index in [1.165, 1.54) is 30.4 Å². The second-order valence-electron chi connectivity index (χ2n) is 10.3. The summed E-state index contributed by atoms with van der Waals surface area (Å²) in [6, 6.07) is 4.26. The fourth-order valence-corrected chi connectivity index (χ4v) is 7.77. The highest BCUT2D eigenvalue weighted by Crippen LogP contribution is 2.68. The molecule has 1 heterocycles. The van der Waals surface area contributed by atoms with Gasteiger partial charge in [0.05, 0.1) is 11.7 Å². The van der Waals surface area contributed by atoms with E-state index < -0.39 is 5.60 Å². The predicted molar refractivity (Wildman–Crippen MR) is 107 cm³/mol. The van der Waals surface area contributed by atoms with Gasteiger partial charge in [-0.1, -0.05) is 26.0 Å². The van der Waals surface area contributed by atoms with Gasteiger partial charge in [-0.05, 0) is 90.7 Å². The molecule has 1 aromatic heterocycles. The Labute approximate surface area is 162 Å². The van der Waals surface area contributed by atoms with Crippen molar-refractivity contribution in [1.82, 2.24) is 4.98 Å². The van der Waals surface area contributed by atoms with Crippen LogP contribution in [0.5, 0.6) is 0 Å². The molecule has 0 bridgehead atoms. The summed E-state index contributed by atoms with van der Waals surface area (Å²) < 4.78 is 0. The van der Waals surface area contributed by atoms with E-state index in [-0.39, 0.29) is 16.9 Å². The average molecular weight is 368 g/mol. The third-order valence-corrected chi connectivity index (χ3v) is 9.33. The zero-order valence-electron chi connectivity index (χ0n) is 16.7. The van der Waals surface area contributed by atoms with E-state index in [0.717, 1.165) is 25.7 Å². The minimum atomic E-state index is -0.669. The molecule has 0 saturated heterocycles. The van der Waals surface area contributed by atoms with Gasteiger partial charge in [-0.25, -0.2) is 0 Å². The molecule has 2 N–H and O–H groups in total. The van der Waals surface area contributed by atoms with Crippen molar-refractivity contribution >= 4 is 5.57 Å². The molecule has 0 radical (unpaired) electrons. The molecule has 0 amide bonds. The average Bonchev–Trinajstić information content (AvgIpc) is 3.01. The molecule has 146 valence electrons. The van der Waals surface area contributed by atoms with Gasteiger partial charge in [0.25, 0.3) is 0 Å². The lowest BCUT2D eigenvalue weighted by atomic mass is 9.43. The lowest BCUT2D eigenvalue weighted by Gasteiger charge is -2.63. The van der Waals surface area contributed by atoms with E-state index >= 15 is 0 Å². The van der Waals surface area contributed by atoms with Crippen LogP contribution in [0.1, 0.15) is 70.8 Å². The fraction of sp³-hybridized carbons (Fsp3) is 0.708. The van der Waals surface area contributed by atoms with Crippen LogP contribution in [0.4, 0.5) is 0 Å². The molecule has 27 heavy (non-hydrogen) atoms. The van der Waals surface area contributed by atoms with Crippen LogP contribution < -0.4 is 0 Å². The van der Waals surface area contributed by atoms with Crippen molar-refractivity contribution in [2.45, 2.75) is 76.9 Å². The van der Waals surface area contributed by atoms with Gasteiger partial charge >= 0.3 is 0 Å². The van der Waals surface area contributed by atoms with Crippen molar-refractivity contribution in [2.75, 3.05) is 0 Å². The van der Waals surface area contributed by atoms with Gasteiger partial charge in [-0.2, -0.15) is 0 Å². The quantitative estimate of drug-likeness (QED) is 0.763. The Morgan fingerprint density at radius 2 is 1.93 bits per heavy atom. The van der Waals surface area contributed by atoms with Gasteiger partial charge in [0, 0.05) is 18.8 Å². The first-order valence-electron chi connectivity index (χ1n) is 10.9. The highest BCUT2D eigenvalue weighted by atomic mass is 16.3. The van der Waals surface area contributed by atoms with Crippen LogP contribution in [0.15, 0.2) is 30.6 Å². The third kappa shape index (κ3) is 2.37. The summed E-state index contributed by atoms with van der Waals surface area (Å²) in [5.74, 6) is 1.96. The van der Waals surface area contributed by atoms with Gasteiger partial charge in [0.1, 0.15) is 0 Å². The Hall–Kier alpha value is -1.19. The van der Waals surface area contributed by atoms with Crippen LogP contribution in [0.2, 0.25) is 0 Å². The summed E-state index contributed by atoms with van der Waals surface area (Å²) >= 11 is 0. The molecular weight excluding hydrogens is 334 g/mol. The third-order valence-electron chi connectivity index (χ3n) is 9.33. The molecule has 3 saturated carbocycles. The summed E-state index contributed by atoms with van der Waals surface area (Å²) in [7, 11) is 0. The number of aliphatic hydroxyl groups is 2. The SMILES string of the molecule is CC12CCC3C(CCC4(O)CC(O)CCC34C)C1CC=C2c1cccnc1. The highest BCUT2D eigenvalue weighted by Gasteiger charge is 2.63. The number of hydrogen-bond donors (Lipinski definition) is 2. The molecule has 7 atom stereocenters. The second kappa shape index (κ2) is 5.90. The molecular formula is C24H33NO2. The summed E-state index contributed by atoms with van der Waals surface area (Å²) in [5.41, 5.74) is 2.33. The maximum absolute atomic E-state index is 11.5. The number of aliphatic hydroxyl groups excluding tert-OH is 1. The first-order valence-corrected chi connectivity index (χ1v) is 10.9. The van der Waals surface area contributed by atoms with Crippen LogP contribution in [-0.4, -0.2) is 26.9 Å². The van der Waals surface area contributed by atoms with Crippen LogP contribution in [-0.2, 0) is 0 Å². The zero-order valence-corrected chi connectivity index (χ0v) is 16.7. The van der Waals surface area contributed by atoms with Gasteiger partial charge in [0.2, 0.25) is 0 Å². The van der Waals surface area contributed by atoms with Gasteiger partial charge in [0.15, 0.2) is 0 Å². The summed E-state index contributed by atoms with van der Waals surface area (Å²) in [5, 5.41) is 21.7. The normalized spacial score (nSPS) is 49.0. The van der Waals surface area contributed by atoms with E-state index in [1.807, 2.05) is 18.5 Å². The first-order chi connectivity index (χ1) is 12.9. The number of pyridine rings is 1. The zero-order chi connectivity index (χ0) is 18.9. The molecule has 3 fully saturated rings. The second-order valence-corrected chi connectivity index (χ2v) is 10.3. The van der Waals surface area contributed by atoms with E-state index in [0.29, 0.717) is 24.2 Å². The maximum Gasteiger partial charge on any atom is 0.0728 e. The largest absolute Gasteiger partial charge is 0.393 e. The Bertz CT molecular complexity index is 761. The molecule has 3 nitrogen and oxygen atoms in total. The summed E-state index contributed by atoms with van der Waals surface area (Å²) in [4.78, 5) is 4.36. The Kier molecular flexibility index (Phi) is 3.91. The van der Waals surface area contributed by atoms with Gasteiger partial charge < -0.3 is 10.2 Å². The van der Waals surface area contributed by atoms with E-state index in [2.05, 4.69) is 31.0 Å². The van der Waals surface area contributed by atoms with Gasteiger partial charge in [-0.15, -0.1) is 0 Å². The van der Waals surface area contributed by atoms with Crippen molar-refractivity contribution in [3.05, 3.63) is 36.2 Å². The highest BCUT2D eigenvalue weighted by molar-refractivity contribution is 5.72. The maximum atomic E-state index is 11.5. The van der Waals surface area contributed by atoms with Gasteiger partial charge in [-0.3, -0.25) is 4.98 Å². The predicted octanol–water partition coefficient (Wildman–Crippen LogP) is 4.59. The lowest BCUT2D eigenvalue weighted by molar-refractivity contribution is -0.215. The number of hydrogen-bond acceptors (Lipinski definition) is 3. The summed E-state index contributed by atoms with van der Waals surface area (Å²) in [6.07, 6.45) is 14.0. The Balaban J connectivity index is 1.46. The Morgan fingerprint density at radius 3 is 2.70 bits per heavy atom. The van der Waals surface area contributed by atoms with Crippen LogP contribution in [0, 0.1) is 28.6 Å². The number of rotatable bonds is 1. The molecule has 5 rings (SSSR count). The van der Waals surface area contributed by atoms with Crippen LogP contribution in [0.25, 0.3) is 5.57 Å². The molecule has 4 aliphatic carbocycles. The smallest absolute Gasteiger partial charge is 0.0728 e. The molecule has 0 spiro atoms. The van der Waals surface area contributed by atoms with Crippen LogP contribution in [0.3, 0.4) is 0 Å². The van der Waals surface area contributed by atoms with E-state index in [1.54, 1.807) is 0 Å². The topological polar surface area (TPSA) is 53.4 Å². The Morgan fingerprint density at radius 1 is 1.07 bits per heavy atom. The number of allylic oxidation sites excluding steroid dienone is 2. The minimum Gasteiger partial charge on any atom is -0.393 e. The monoisotopic (exact) mass is 367 g/mol. The van der Waals surface area contributed by atoms with Crippen LogP contribution >= 0.6 is 0 Å². The van der Waals surface area contributed by atoms with E-state index in [9.17, 15) is 10.2 Å². The molecule has 3 heteroatoms. The minimum absolute atomic E-state index is 0.0342. The first kappa shape index (κ1) is 17.9. The molecule has 7 unspecified atom stereocenters. The molecule has 0 aromatic carbocycles. The van der Waals surface area contributed by atoms with Crippen molar-refractivity contribution in [2.24, 2.45) is 28.6 Å². The van der Waals surface area contributed by atoms with Crippen molar-refractivity contribution in [3.8, 4) is 0 Å². The molecule has 0 aliphatic heterocycles. The summed E-state index contributed by atoms with van der Waals surface area (Å²) in [6.45, 7) is 4.82. The van der Waals surface area contributed by atoms with E-state index in [4.69, 9.17) is 0 Å². The fourth-order valence-electron chi connectivity index (χ4n) is 7.77. The number of fused-ring (bicyclic) bond motifs is 5. The van der Waals surface area contributed by atoms with Crippen molar-refractivity contribution in [3.63, 3.8) is 0 Å².